The highest BCUT2D eigenvalue weighted by Gasteiger charge is 2.35. The zero-order valence-corrected chi connectivity index (χ0v) is 18.6. The minimum Gasteiger partial charge on any atom is -0.491 e. The Hall–Kier alpha value is -3.64. The van der Waals surface area contributed by atoms with E-state index >= 15 is 0 Å². The van der Waals surface area contributed by atoms with Gasteiger partial charge < -0.3 is 19.3 Å². The van der Waals surface area contributed by atoms with Crippen LogP contribution in [0.3, 0.4) is 0 Å². The molecule has 0 radical (unpaired) electrons. The minimum atomic E-state index is -0.716. The lowest BCUT2D eigenvalue weighted by Gasteiger charge is -2.19. The largest absolute Gasteiger partial charge is 0.491 e. The summed E-state index contributed by atoms with van der Waals surface area (Å²) in [4.78, 5) is 19.6. The van der Waals surface area contributed by atoms with Crippen molar-refractivity contribution in [1.29, 1.82) is 0 Å². The third-order valence-electron chi connectivity index (χ3n) is 6.07. The maximum absolute atomic E-state index is 12.9. The van der Waals surface area contributed by atoms with Crippen molar-refractivity contribution in [3.63, 3.8) is 0 Å². The first-order valence-electron chi connectivity index (χ1n) is 11.3. The maximum atomic E-state index is 12.9. The van der Waals surface area contributed by atoms with Gasteiger partial charge in [-0.05, 0) is 48.9 Å². The molecule has 1 amide bonds. The van der Waals surface area contributed by atoms with Gasteiger partial charge in [-0.2, -0.15) is 0 Å². The number of benzene rings is 3. The lowest BCUT2D eigenvalue weighted by Crippen LogP contribution is -2.26. The van der Waals surface area contributed by atoms with E-state index in [4.69, 9.17) is 9.72 Å². The smallest absolute Gasteiger partial charge is 0.227 e. The van der Waals surface area contributed by atoms with Crippen molar-refractivity contribution in [2.24, 2.45) is 0 Å². The number of imidazole rings is 1. The predicted octanol–water partition coefficient (Wildman–Crippen LogP) is 4.31. The highest BCUT2D eigenvalue weighted by Crippen LogP contribution is 2.33. The SMILES string of the molecule is Cc1cccc(N2C[C@@H](c3nc4ccccc4n3C[C@H](O)COc3ccccc3)CC2=O)c1. The van der Waals surface area contributed by atoms with Crippen molar-refractivity contribution < 1.29 is 14.6 Å². The van der Waals surface area contributed by atoms with Crippen LogP contribution < -0.4 is 9.64 Å². The van der Waals surface area contributed by atoms with Gasteiger partial charge in [0.2, 0.25) is 5.91 Å². The number of fused-ring (bicyclic) bond motifs is 1. The van der Waals surface area contributed by atoms with Crippen LogP contribution in [-0.4, -0.2) is 39.8 Å². The zero-order chi connectivity index (χ0) is 22.8. The van der Waals surface area contributed by atoms with Gasteiger partial charge in [-0.15, -0.1) is 0 Å². The molecule has 2 heterocycles. The van der Waals surface area contributed by atoms with Gasteiger partial charge in [0.15, 0.2) is 0 Å². The summed E-state index contributed by atoms with van der Waals surface area (Å²) in [5, 5.41) is 10.8. The van der Waals surface area contributed by atoms with Crippen LogP contribution in [0.4, 0.5) is 5.69 Å². The number of hydrogen-bond donors (Lipinski definition) is 1. The number of aliphatic hydroxyl groups excluding tert-OH is 1. The molecule has 33 heavy (non-hydrogen) atoms. The van der Waals surface area contributed by atoms with Crippen LogP contribution in [0.2, 0.25) is 0 Å². The van der Waals surface area contributed by atoms with Crippen molar-refractivity contribution in [3.8, 4) is 5.75 Å². The zero-order valence-electron chi connectivity index (χ0n) is 18.6. The van der Waals surface area contributed by atoms with Crippen molar-refractivity contribution >= 4 is 22.6 Å². The Morgan fingerprint density at radius 1 is 1.06 bits per heavy atom. The first-order valence-corrected chi connectivity index (χ1v) is 11.3. The summed E-state index contributed by atoms with van der Waals surface area (Å²) in [6.07, 6.45) is -0.319. The molecule has 0 saturated carbocycles. The number of nitrogens with zero attached hydrogens (tertiary/aromatic N) is 3. The molecule has 4 aromatic rings. The van der Waals surface area contributed by atoms with Crippen LogP contribution in [0.5, 0.6) is 5.75 Å². The Bertz CT molecular complexity index is 1270. The Morgan fingerprint density at radius 2 is 1.85 bits per heavy atom. The number of aryl methyl sites for hydroxylation is 1. The van der Waals surface area contributed by atoms with Gasteiger partial charge in [-0.25, -0.2) is 4.98 Å². The molecule has 168 valence electrons. The fraction of sp³-hybridized carbons (Fsp3) is 0.259. The molecule has 0 spiro atoms. The summed E-state index contributed by atoms with van der Waals surface area (Å²) in [5.41, 5.74) is 3.86. The van der Waals surface area contributed by atoms with Crippen LogP contribution in [-0.2, 0) is 11.3 Å². The molecular weight excluding hydrogens is 414 g/mol. The molecular formula is C27H27N3O3. The van der Waals surface area contributed by atoms with Crippen molar-refractivity contribution in [2.45, 2.75) is 31.9 Å². The molecule has 1 saturated heterocycles. The molecule has 6 heteroatoms. The maximum Gasteiger partial charge on any atom is 0.227 e. The van der Waals surface area contributed by atoms with Gasteiger partial charge in [-0.1, -0.05) is 42.5 Å². The Kier molecular flexibility index (Phi) is 5.84. The van der Waals surface area contributed by atoms with Crippen LogP contribution in [0.1, 0.15) is 23.7 Å². The number of aromatic nitrogens is 2. The number of carbonyl (C=O) groups is 1. The topological polar surface area (TPSA) is 67.6 Å². The van der Waals surface area contributed by atoms with E-state index in [2.05, 4.69) is 0 Å². The molecule has 1 aliphatic rings. The lowest BCUT2D eigenvalue weighted by atomic mass is 10.1. The lowest BCUT2D eigenvalue weighted by molar-refractivity contribution is -0.117. The summed E-state index contributed by atoms with van der Waals surface area (Å²) >= 11 is 0. The standard InChI is InChI=1S/C27H27N3O3/c1-19-8-7-9-21(14-19)29-16-20(15-26(29)32)27-28-24-12-5-6-13-25(24)30(27)17-22(31)18-33-23-10-3-2-4-11-23/h2-14,20,22,31H,15-18H2,1H3/t20-,22-/m0/s1. The van der Waals surface area contributed by atoms with Gasteiger partial charge in [0.1, 0.15) is 24.3 Å². The summed E-state index contributed by atoms with van der Waals surface area (Å²) in [5.74, 6) is 1.60. The fourth-order valence-corrected chi connectivity index (χ4v) is 4.50. The number of ether oxygens (including phenoxy) is 1. The van der Waals surface area contributed by atoms with E-state index < -0.39 is 6.10 Å². The van der Waals surface area contributed by atoms with Crippen LogP contribution >= 0.6 is 0 Å². The molecule has 6 nitrogen and oxygen atoms in total. The number of hydrogen-bond acceptors (Lipinski definition) is 4. The first-order chi connectivity index (χ1) is 16.1. The number of anilines is 1. The molecule has 0 bridgehead atoms. The van der Waals surface area contributed by atoms with E-state index in [-0.39, 0.29) is 18.4 Å². The minimum absolute atomic E-state index is 0.0485. The second-order valence-corrected chi connectivity index (χ2v) is 8.59. The molecule has 0 aliphatic carbocycles. The molecule has 5 rings (SSSR count). The van der Waals surface area contributed by atoms with E-state index in [0.717, 1.165) is 33.9 Å². The highest BCUT2D eigenvalue weighted by molar-refractivity contribution is 5.96. The summed E-state index contributed by atoms with van der Waals surface area (Å²) in [6.45, 7) is 3.12. The van der Waals surface area contributed by atoms with Crippen LogP contribution in [0.25, 0.3) is 11.0 Å². The summed E-state index contributed by atoms with van der Waals surface area (Å²) in [6, 6.07) is 25.4. The molecule has 1 aromatic heterocycles. The molecule has 3 aromatic carbocycles. The van der Waals surface area contributed by atoms with Gasteiger partial charge in [0.25, 0.3) is 0 Å². The van der Waals surface area contributed by atoms with Gasteiger partial charge >= 0.3 is 0 Å². The number of para-hydroxylation sites is 3. The van der Waals surface area contributed by atoms with Gasteiger partial charge in [0, 0.05) is 24.6 Å². The Morgan fingerprint density at radius 3 is 2.67 bits per heavy atom. The average molecular weight is 442 g/mol. The quantitative estimate of drug-likeness (QED) is 0.464. The third-order valence-corrected chi connectivity index (χ3v) is 6.07. The van der Waals surface area contributed by atoms with Crippen LogP contribution in [0, 0.1) is 6.92 Å². The van der Waals surface area contributed by atoms with E-state index in [1.54, 1.807) is 0 Å². The van der Waals surface area contributed by atoms with Crippen LogP contribution in [0.15, 0.2) is 78.9 Å². The first kappa shape index (κ1) is 21.2. The summed E-state index contributed by atoms with van der Waals surface area (Å²) in [7, 11) is 0. The number of aliphatic hydroxyl groups is 1. The second kappa shape index (κ2) is 9.08. The average Bonchev–Trinajstić information content (AvgIpc) is 3.39. The fourth-order valence-electron chi connectivity index (χ4n) is 4.50. The monoisotopic (exact) mass is 441 g/mol. The number of rotatable bonds is 7. The molecule has 1 N–H and O–H groups in total. The number of amides is 1. The second-order valence-electron chi connectivity index (χ2n) is 8.59. The van der Waals surface area contributed by atoms with E-state index in [0.29, 0.717) is 19.5 Å². The predicted molar refractivity (Wildman–Crippen MR) is 129 cm³/mol. The summed E-state index contributed by atoms with van der Waals surface area (Å²) < 4.78 is 7.80. The van der Waals surface area contributed by atoms with Gasteiger partial charge in [-0.3, -0.25) is 4.79 Å². The molecule has 1 fully saturated rings. The van der Waals surface area contributed by atoms with E-state index in [1.807, 2.05) is 95.3 Å². The Balaban J connectivity index is 1.39. The van der Waals surface area contributed by atoms with Gasteiger partial charge in [0.05, 0.1) is 17.6 Å². The normalized spacial score (nSPS) is 17.0. The molecule has 0 unspecified atom stereocenters. The molecule has 2 atom stereocenters. The third kappa shape index (κ3) is 4.47. The van der Waals surface area contributed by atoms with Crippen molar-refractivity contribution in [1.82, 2.24) is 9.55 Å². The van der Waals surface area contributed by atoms with E-state index in [1.165, 1.54) is 0 Å². The van der Waals surface area contributed by atoms with E-state index in [9.17, 15) is 9.90 Å². The molecule has 1 aliphatic heterocycles. The van der Waals surface area contributed by atoms with Crippen molar-refractivity contribution in [3.05, 3.63) is 90.3 Å². The van der Waals surface area contributed by atoms with Crippen molar-refractivity contribution in [2.75, 3.05) is 18.1 Å². The Labute approximate surface area is 193 Å². The number of carbonyl (C=O) groups excluding carboxylic acids is 1. The highest BCUT2D eigenvalue weighted by atomic mass is 16.5.